The fraction of sp³-hybridized carbons (Fsp3) is 0.579. The van der Waals surface area contributed by atoms with E-state index < -0.39 is 0 Å². The molecule has 0 aromatic carbocycles. The maximum Gasteiger partial charge on any atom is 0.254 e. The number of likely N-dealkylation sites (tertiary alicyclic amines) is 1. The van der Waals surface area contributed by atoms with Gasteiger partial charge >= 0.3 is 0 Å². The summed E-state index contributed by atoms with van der Waals surface area (Å²) in [5.41, 5.74) is 2.93. The van der Waals surface area contributed by atoms with Crippen LogP contribution in [-0.4, -0.2) is 50.6 Å². The summed E-state index contributed by atoms with van der Waals surface area (Å²) in [6.07, 6.45) is 1.65. The Balaban J connectivity index is 1.90. The van der Waals surface area contributed by atoms with Crippen LogP contribution in [0.1, 0.15) is 48.4 Å². The first kappa shape index (κ1) is 18.4. The Labute approximate surface area is 153 Å². The third kappa shape index (κ3) is 3.43. The number of carbonyl (C=O) groups excluding carboxylic acids is 2. The van der Waals surface area contributed by atoms with Crippen molar-refractivity contribution in [2.45, 2.75) is 46.6 Å². The number of pyridine rings is 1. The van der Waals surface area contributed by atoms with Gasteiger partial charge in [0.15, 0.2) is 5.65 Å². The van der Waals surface area contributed by atoms with Gasteiger partial charge in [-0.15, -0.1) is 0 Å². The highest BCUT2D eigenvalue weighted by Gasteiger charge is 2.30. The summed E-state index contributed by atoms with van der Waals surface area (Å²) < 4.78 is 1.71. The highest BCUT2D eigenvalue weighted by atomic mass is 16.2. The van der Waals surface area contributed by atoms with E-state index in [1.54, 1.807) is 9.58 Å². The van der Waals surface area contributed by atoms with E-state index in [-0.39, 0.29) is 23.8 Å². The van der Waals surface area contributed by atoms with E-state index in [1.165, 1.54) is 0 Å². The number of hydrogen-bond acceptors (Lipinski definition) is 4. The molecule has 0 radical (unpaired) electrons. The third-order valence-corrected chi connectivity index (χ3v) is 4.84. The maximum atomic E-state index is 13.2. The van der Waals surface area contributed by atoms with Crippen molar-refractivity contribution in [3.8, 4) is 0 Å². The number of amides is 2. The van der Waals surface area contributed by atoms with Crippen LogP contribution in [0.15, 0.2) is 6.07 Å². The lowest BCUT2D eigenvalue weighted by Gasteiger charge is -2.32. The number of aryl methyl sites for hydroxylation is 3. The van der Waals surface area contributed by atoms with E-state index in [4.69, 9.17) is 0 Å². The van der Waals surface area contributed by atoms with Crippen molar-refractivity contribution in [1.29, 1.82) is 0 Å². The maximum absolute atomic E-state index is 13.2. The molecule has 2 aromatic heterocycles. The first-order chi connectivity index (χ1) is 12.3. The normalized spacial score (nSPS) is 17.8. The fourth-order valence-corrected chi connectivity index (χ4v) is 3.69. The molecule has 1 saturated heterocycles. The minimum Gasteiger partial charge on any atom is -0.354 e. The van der Waals surface area contributed by atoms with Crippen LogP contribution in [0.5, 0.6) is 0 Å². The zero-order valence-corrected chi connectivity index (χ0v) is 16.2. The molecule has 7 nitrogen and oxygen atoms in total. The largest absolute Gasteiger partial charge is 0.354 e. The number of nitrogens with zero attached hydrogens (tertiary/aromatic N) is 4. The summed E-state index contributed by atoms with van der Waals surface area (Å²) in [4.78, 5) is 31.9. The predicted molar refractivity (Wildman–Crippen MR) is 99.9 cm³/mol. The fourth-order valence-electron chi connectivity index (χ4n) is 3.69. The number of nitrogens with one attached hydrogen (secondary N) is 1. The molecule has 1 aliphatic heterocycles. The molecule has 140 valence electrons. The van der Waals surface area contributed by atoms with Gasteiger partial charge in [0.1, 0.15) is 0 Å². The Morgan fingerprint density at radius 2 is 2.04 bits per heavy atom. The van der Waals surface area contributed by atoms with Crippen LogP contribution < -0.4 is 5.32 Å². The minimum absolute atomic E-state index is 0.0334. The van der Waals surface area contributed by atoms with Crippen LogP contribution in [0.25, 0.3) is 11.0 Å². The molecule has 0 aliphatic carbocycles. The average Bonchev–Trinajstić information content (AvgIpc) is 2.87. The molecule has 2 amide bonds. The Hall–Kier alpha value is -2.44. The van der Waals surface area contributed by atoms with E-state index in [1.807, 2.05) is 40.8 Å². The SMILES string of the molecule is Cc1cc(C(=O)N2CCC[C@@H](C(=O)NC(C)C)C2)c2c(C)nn(C)c2n1. The highest BCUT2D eigenvalue weighted by Crippen LogP contribution is 2.25. The molecule has 1 N–H and O–H groups in total. The van der Waals surface area contributed by atoms with Crippen LogP contribution in [0, 0.1) is 19.8 Å². The van der Waals surface area contributed by atoms with Crippen LogP contribution in [0.3, 0.4) is 0 Å². The Morgan fingerprint density at radius 3 is 2.73 bits per heavy atom. The Bertz CT molecular complexity index is 855. The summed E-state index contributed by atoms with van der Waals surface area (Å²) >= 11 is 0. The summed E-state index contributed by atoms with van der Waals surface area (Å²) in [6, 6.07) is 1.94. The molecule has 1 aliphatic rings. The summed E-state index contributed by atoms with van der Waals surface area (Å²) in [5, 5.41) is 8.18. The van der Waals surface area contributed by atoms with Gasteiger partial charge in [0, 0.05) is 31.9 Å². The molecule has 2 aromatic rings. The summed E-state index contributed by atoms with van der Waals surface area (Å²) in [5.74, 6) is -0.159. The van der Waals surface area contributed by atoms with Crippen LogP contribution in [0.2, 0.25) is 0 Å². The van der Waals surface area contributed by atoms with Gasteiger partial charge in [0.05, 0.1) is 22.6 Å². The molecule has 1 fully saturated rings. The topological polar surface area (TPSA) is 80.1 Å². The predicted octanol–water partition coefficient (Wildman–Crippen LogP) is 1.96. The summed E-state index contributed by atoms with van der Waals surface area (Å²) in [6.45, 7) is 8.81. The second-order valence-corrected chi connectivity index (χ2v) is 7.47. The summed E-state index contributed by atoms with van der Waals surface area (Å²) in [7, 11) is 1.84. The number of piperidine rings is 1. The number of fused-ring (bicyclic) bond motifs is 1. The minimum atomic E-state index is -0.150. The van der Waals surface area contributed by atoms with E-state index in [0.29, 0.717) is 18.7 Å². The molecule has 0 bridgehead atoms. The number of hydrogen-bond donors (Lipinski definition) is 1. The van der Waals surface area contributed by atoms with Crippen molar-refractivity contribution >= 4 is 22.8 Å². The van der Waals surface area contributed by atoms with E-state index in [9.17, 15) is 9.59 Å². The highest BCUT2D eigenvalue weighted by molar-refractivity contribution is 6.06. The van der Waals surface area contributed by atoms with E-state index >= 15 is 0 Å². The van der Waals surface area contributed by atoms with Gasteiger partial charge in [-0.3, -0.25) is 14.3 Å². The molecule has 3 heterocycles. The van der Waals surface area contributed by atoms with Gasteiger partial charge in [-0.05, 0) is 46.6 Å². The number of rotatable bonds is 3. The smallest absolute Gasteiger partial charge is 0.254 e. The van der Waals surface area contributed by atoms with Crippen molar-refractivity contribution in [3.05, 3.63) is 23.0 Å². The van der Waals surface area contributed by atoms with Gasteiger partial charge in [-0.2, -0.15) is 5.10 Å². The molecule has 0 unspecified atom stereocenters. The molecule has 1 atom stereocenters. The van der Waals surface area contributed by atoms with E-state index in [2.05, 4.69) is 15.4 Å². The Morgan fingerprint density at radius 1 is 1.31 bits per heavy atom. The number of aromatic nitrogens is 3. The van der Waals surface area contributed by atoms with Gasteiger partial charge < -0.3 is 10.2 Å². The monoisotopic (exact) mass is 357 g/mol. The molecular weight excluding hydrogens is 330 g/mol. The quantitative estimate of drug-likeness (QED) is 0.911. The van der Waals surface area contributed by atoms with Gasteiger partial charge in [-0.1, -0.05) is 0 Å². The van der Waals surface area contributed by atoms with Crippen molar-refractivity contribution in [3.63, 3.8) is 0 Å². The van der Waals surface area contributed by atoms with Crippen molar-refractivity contribution in [1.82, 2.24) is 25.0 Å². The molecule has 3 rings (SSSR count). The second kappa shape index (κ2) is 7.05. The molecule has 7 heteroatoms. The second-order valence-electron chi connectivity index (χ2n) is 7.47. The lowest BCUT2D eigenvalue weighted by molar-refractivity contribution is -0.126. The van der Waals surface area contributed by atoms with Crippen LogP contribution >= 0.6 is 0 Å². The lowest BCUT2D eigenvalue weighted by atomic mass is 9.96. The Kier molecular flexibility index (Phi) is 4.98. The zero-order chi connectivity index (χ0) is 19.0. The first-order valence-electron chi connectivity index (χ1n) is 9.18. The number of carbonyl (C=O) groups is 2. The zero-order valence-electron chi connectivity index (χ0n) is 16.2. The van der Waals surface area contributed by atoms with Gasteiger partial charge in [-0.25, -0.2) is 4.98 Å². The van der Waals surface area contributed by atoms with Crippen molar-refractivity contribution in [2.75, 3.05) is 13.1 Å². The first-order valence-corrected chi connectivity index (χ1v) is 9.18. The molecule has 0 spiro atoms. The van der Waals surface area contributed by atoms with Crippen molar-refractivity contribution in [2.24, 2.45) is 13.0 Å². The van der Waals surface area contributed by atoms with Crippen LogP contribution in [-0.2, 0) is 11.8 Å². The van der Waals surface area contributed by atoms with Crippen molar-refractivity contribution < 1.29 is 9.59 Å². The molecule has 0 saturated carbocycles. The molecular formula is C19H27N5O2. The lowest BCUT2D eigenvalue weighted by Crippen LogP contribution is -2.46. The third-order valence-electron chi connectivity index (χ3n) is 4.84. The molecule has 26 heavy (non-hydrogen) atoms. The van der Waals surface area contributed by atoms with E-state index in [0.717, 1.165) is 35.3 Å². The van der Waals surface area contributed by atoms with Gasteiger partial charge in [0.25, 0.3) is 5.91 Å². The average molecular weight is 357 g/mol. The van der Waals surface area contributed by atoms with Crippen LogP contribution in [0.4, 0.5) is 0 Å². The standard InChI is InChI=1S/C19H27N5O2/c1-11(2)20-18(25)14-7-6-8-24(10-14)19(26)15-9-12(3)21-17-16(15)13(4)22-23(17)5/h9,11,14H,6-8,10H2,1-5H3,(H,20,25)/t14-/m1/s1. The van der Waals surface area contributed by atoms with Gasteiger partial charge in [0.2, 0.25) is 5.91 Å².